The van der Waals surface area contributed by atoms with Gasteiger partial charge in [0, 0.05) is 18.1 Å². The largest absolute Gasteiger partial charge is 0.393 e. The molecule has 2 rings (SSSR count). The van der Waals surface area contributed by atoms with E-state index in [4.69, 9.17) is 18.0 Å². The maximum atomic E-state index is 13.1. The summed E-state index contributed by atoms with van der Waals surface area (Å²) >= 11 is 4.84. The van der Waals surface area contributed by atoms with Crippen LogP contribution in [0.3, 0.4) is 0 Å². The van der Waals surface area contributed by atoms with Crippen LogP contribution < -0.4 is 5.73 Å². The van der Waals surface area contributed by atoms with E-state index in [9.17, 15) is 8.78 Å². The highest BCUT2D eigenvalue weighted by Gasteiger charge is 2.13. The van der Waals surface area contributed by atoms with Gasteiger partial charge in [0.15, 0.2) is 11.6 Å². The average molecular weight is 256 g/mol. The molecule has 0 saturated heterocycles. The summed E-state index contributed by atoms with van der Waals surface area (Å²) in [6, 6.07) is 2.08. The first kappa shape index (κ1) is 11.8. The molecule has 0 saturated carbocycles. The molecule has 1 atom stereocenters. The van der Waals surface area contributed by atoms with Crippen LogP contribution in [0.5, 0.6) is 0 Å². The summed E-state index contributed by atoms with van der Waals surface area (Å²) in [6.45, 7) is 2.21. The zero-order chi connectivity index (χ0) is 12.6. The summed E-state index contributed by atoms with van der Waals surface area (Å²) in [5.41, 5.74) is 6.21. The molecule has 0 amide bonds. The van der Waals surface area contributed by atoms with Gasteiger partial charge in [-0.05, 0) is 0 Å². The summed E-state index contributed by atoms with van der Waals surface area (Å²) in [4.78, 5) is 0.344. The third kappa shape index (κ3) is 2.23. The number of thiocarbonyl (C=S) groups is 1. The van der Waals surface area contributed by atoms with E-state index in [-0.39, 0.29) is 5.92 Å². The van der Waals surface area contributed by atoms with Gasteiger partial charge in [-0.25, -0.2) is 13.5 Å². The third-order valence-corrected chi connectivity index (χ3v) is 2.89. The molecule has 17 heavy (non-hydrogen) atoms. The van der Waals surface area contributed by atoms with Crippen molar-refractivity contribution in [3.63, 3.8) is 0 Å². The molecule has 0 spiro atoms. The van der Waals surface area contributed by atoms with E-state index in [2.05, 4.69) is 10.3 Å². The van der Waals surface area contributed by atoms with Gasteiger partial charge in [-0.3, -0.25) is 0 Å². The van der Waals surface area contributed by atoms with Crippen molar-refractivity contribution in [1.29, 1.82) is 0 Å². The second-order valence-corrected chi connectivity index (χ2v) is 4.30. The fourth-order valence-corrected chi connectivity index (χ4v) is 1.52. The average Bonchev–Trinajstić information content (AvgIpc) is 2.62. The summed E-state index contributed by atoms with van der Waals surface area (Å²) in [7, 11) is 0. The first-order valence-corrected chi connectivity index (χ1v) is 5.37. The van der Waals surface area contributed by atoms with Crippen molar-refractivity contribution < 1.29 is 8.78 Å². The SMILES string of the molecule is CC(Cn1nnc2cc(F)c(F)cc21)C(N)=S. The van der Waals surface area contributed by atoms with Crippen molar-refractivity contribution >= 4 is 28.2 Å². The number of fused-ring (bicyclic) bond motifs is 1. The molecule has 0 aliphatic carbocycles. The molecule has 2 N–H and O–H groups in total. The number of benzene rings is 1. The van der Waals surface area contributed by atoms with E-state index in [1.165, 1.54) is 4.68 Å². The highest BCUT2D eigenvalue weighted by Crippen LogP contribution is 2.17. The standard InChI is InChI=1S/C10H10F2N4S/c1-5(10(13)17)4-16-9-3-7(12)6(11)2-8(9)14-15-16/h2-3,5H,4H2,1H3,(H2,13,17). The zero-order valence-electron chi connectivity index (χ0n) is 9.02. The number of nitrogens with zero attached hydrogens (tertiary/aromatic N) is 3. The molecule has 1 aromatic heterocycles. The van der Waals surface area contributed by atoms with Gasteiger partial charge in [0.2, 0.25) is 0 Å². The van der Waals surface area contributed by atoms with Gasteiger partial charge in [0.1, 0.15) is 5.52 Å². The van der Waals surface area contributed by atoms with Crippen LogP contribution >= 0.6 is 12.2 Å². The first-order chi connectivity index (χ1) is 7.99. The molecular weight excluding hydrogens is 246 g/mol. The molecule has 1 unspecified atom stereocenters. The van der Waals surface area contributed by atoms with Gasteiger partial charge in [-0.1, -0.05) is 24.4 Å². The minimum atomic E-state index is -0.938. The second-order valence-electron chi connectivity index (χ2n) is 3.83. The smallest absolute Gasteiger partial charge is 0.161 e. The molecule has 90 valence electrons. The summed E-state index contributed by atoms with van der Waals surface area (Å²) in [6.07, 6.45) is 0. The zero-order valence-corrected chi connectivity index (χ0v) is 9.84. The first-order valence-electron chi connectivity index (χ1n) is 4.96. The molecule has 7 heteroatoms. The Hall–Kier alpha value is -1.63. The number of rotatable bonds is 3. The lowest BCUT2D eigenvalue weighted by molar-refractivity contribution is 0.508. The highest BCUT2D eigenvalue weighted by molar-refractivity contribution is 7.80. The maximum absolute atomic E-state index is 13.1. The van der Waals surface area contributed by atoms with E-state index in [1.807, 2.05) is 6.92 Å². The minimum Gasteiger partial charge on any atom is -0.393 e. The van der Waals surface area contributed by atoms with Gasteiger partial charge >= 0.3 is 0 Å². The number of hydrogen-bond donors (Lipinski definition) is 1. The molecule has 0 fully saturated rings. The van der Waals surface area contributed by atoms with E-state index >= 15 is 0 Å². The van der Waals surface area contributed by atoms with Crippen LogP contribution in [0.2, 0.25) is 0 Å². The predicted octanol–water partition coefficient (Wildman–Crippen LogP) is 1.63. The van der Waals surface area contributed by atoms with Gasteiger partial charge < -0.3 is 5.73 Å². The van der Waals surface area contributed by atoms with Crippen molar-refractivity contribution in [3.05, 3.63) is 23.8 Å². The molecule has 1 aromatic carbocycles. The quantitative estimate of drug-likeness (QED) is 0.848. The van der Waals surface area contributed by atoms with Crippen LogP contribution in [0.1, 0.15) is 6.92 Å². The molecule has 2 aromatic rings. The van der Waals surface area contributed by atoms with Gasteiger partial charge in [-0.2, -0.15) is 0 Å². The number of hydrogen-bond acceptors (Lipinski definition) is 3. The van der Waals surface area contributed by atoms with Crippen LogP contribution in [-0.4, -0.2) is 20.0 Å². The number of aromatic nitrogens is 3. The number of halogens is 2. The van der Waals surface area contributed by atoms with Gasteiger partial charge in [-0.15, -0.1) is 5.10 Å². The van der Waals surface area contributed by atoms with Crippen molar-refractivity contribution in [1.82, 2.24) is 15.0 Å². The van der Waals surface area contributed by atoms with Crippen molar-refractivity contribution in [2.75, 3.05) is 0 Å². The normalized spacial score (nSPS) is 12.9. The van der Waals surface area contributed by atoms with E-state index in [1.54, 1.807) is 0 Å². The predicted molar refractivity (Wildman–Crippen MR) is 63.4 cm³/mol. The summed E-state index contributed by atoms with van der Waals surface area (Å²) < 4.78 is 27.5. The molecule has 4 nitrogen and oxygen atoms in total. The molecule has 1 heterocycles. The Balaban J connectivity index is 2.42. The second kappa shape index (κ2) is 4.33. The summed E-state index contributed by atoms with van der Waals surface area (Å²) in [5.74, 6) is -1.96. The summed E-state index contributed by atoms with van der Waals surface area (Å²) in [5, 5.41) is 7.57. The van der Waals surface area contributed by atoms with Crippen LogP contribution in [0, 0.1) is 17.6 Å². The Kier molecular flexibility index (Phi) is 3.01. The highest BCUT2D eigenvalue weighted by atomic mass is 32.1. The van der Waals surface area contributed by atoms with Crippen LogP contribution in [0.25, 0.3) is 11.0 Å². The molecule has 0 bridgehead atoms. The molecular formula is C10H10F2N4S. The fourth-order valence-electron chi connectivity index (χ4n) is 1.45. The fraction of sp³-hybridized carbons (Fsp3) is 0.300. The molecule has 0 aliphatic heterocycles. The van der Waals surface area contributed by atoms with Gasteiger partial charge in [0.05, 0.1) is 17.0 Å². The Labute approximate surface area is 101 Å². The molecule has 0 radical (unpaired) electrons. The third-order valence-electron chi connectivity index (χ3n) is 2.49. The van der Waals surface area contributed by atoms with E-state index in [0.29, 0.717) is 22.6 Å². The van der Waals surface area contributed by atoms with E-state index in [0.717, 1.165) is 12.1 Å². The van der Waals surface area contributed by atoms with E-state index < -0.39 is 11.6 Å². The van der Waals surface area contributed by atoms with Crippen molar-refractivity contribution in [2.45, 2.75) is 13.5 Å². The number of nitrogens with two attached hydrogens (primary N) is 1. The van der Waals surface area contributed by atoms with Crippen molar-refractivity contribution in [2.24, 2.45) is 11.7 Å². The lowest BCUT2D eigenvalue weighted by atomic mass is 10.2. The van der Waals surface area contributed by atoms with Crippen LogP contribution in [0.4, 0.5) is 8.78 Å². The maximum Gasteiger partial charge on any atom is 0.161 e. The van der Waals surface area contributed by atoms with Crippen LogP contribution in [0.15, 0.2) is 12.1 Å². The Morgan fingerprint density at radius 2 is 2.12 bits per heavy atom. The van der Waals surface area contributed by atoms with Gasteiger partial charge in [0.25, 0.3) is 0 Å². The Morgan fingerprint density at radius 3 is 2.76 bits per heavy atom. The Morgan fingerprint density at radius 1 is 1.47 bits per heavy atom. The lowest BCUT2D eigenvalue weighted by Gasteiger charge is -2.09. The lowest BCUT2D eigenvalue weighted by Crippen LogP contribution is -2.23. The Bertz CT molecular complexity index is 581. The monoisotopic (exact) mass is 256 g/mol. The topological polar surface area (TPSA) is 56.7 Å². The van der Waals surface area contributed by atoms with Crippen molar-refractivity contribution in [3.8, 4) is 0 Å². The molecule has 0 aliphatic rings. The van der Waals surface area contributed by atoms with Crippen LogP contribution in [-0.2, 0) is 6.54 Å². The minimum absolute atomic E-state index is 0.0944.